The summed E-state index contributed by atoms with van der Waals surface area (Å²) < 4.78 is 5.64. The second-order valence-corrected chi connectivity index (χ2v) is 8.74. The number of aryl methyl sites for hydroxylation is 1. The summed E-state index contributed by atoms with van der Waals surface area (Å²) >= 11 is 0. The van der Waals surface area contributed by atoms with Crippen LogP contribution in [0.25, 0.3) is 0 Å². The van der Waals surface area contributed by atoms with Crippen molar-refractivity contribution in [2.45, 2.75) is 78.9 Å². The highest BCUT2D eigenvalue weighted by Crippen LogP contribution is 2.29. The van der Waals surface area contributed by atoms with E-state index in [1.165, 1.54) is 0 Å². The van der Waals surface area contributed by atoms with Crippen LogP contribution in [0.3, 0.4) is 0 Å². The van der Waals surface area contributed by atoms with Gasteiger partial charge in [0.2, 0.25) is 5.91 Å². The molecule has 0 aromatic carbocycles. The van der Waals surface area contributed by atoms with Crippen molar-refractivity contribution >= 4 is 5.91 Å². The molecule has 4 heteroatoms. The summed E-state index contributed by atoms with van der Waals surface area (Å²) in [5.41, 5.74) is 0.186. The van der Waals surface area contributed by atoms with Gasteiger partial charge in [-0.05, 0) is 57.6 Å². The van der Waals surface area contributed by atoms with Gasteiger partial charge in [0.05, 0.1) is 13.1 Å². The summed E-state index contributed by atoms with van der Waals surface area (Å²) in [6.07, 6.45) is 3.24. The third kappa shape index (κ3) is 6.02. The van der Waals surface area contributed by atoms with Crippen LogP contribution in [0.2, 0.25) is 0 Å². The van der Waals surface area contributed by atoms with Gasteiger partial charge in [-0.2, -0.15) is 0 Å². The number of nitrogens with zero attached hydrogens (tertiary/aromatic N) is 1. The molecule has 2 rings (SSSR count). The Labute approximate surface area is 140 Å². The molecule has 1 fully saturated rings. The minimum absolute atomic E-state index is 0.0512. The Morgan fingerprint density at radius 3 is 2.39 bits per heavy atom. The van der Waals surface area contributed by atoms with Gasteiger partial charge in [0, 0.05) is 11.6 Å². The Morgan fingerprint density at radius 2 is 1.91 bits per heavy atom. The highest BCUT2D eigenvalue weighted by Gasteiger charge is 2.34. The zero-order chi connectivity index (χ0) is 17.3. The van der Waals surface area contributed by atoms with Crippen LogP contribution in [-0.4, -0.2) is 28.9 Å². The van der Waals surface area contributed by atoms with Crippen LogP contribution in [0.4, 0.5) is 0 Å². The lowest BCUT2D eigenvalue weighted by Gasteiger charge is -2.34. The average Bonchev–Trinajstić information content (AvgIpc) is 3.14. The van der Waals surface area contributed by atoms with E-state index in [9.17, 15) is 4.79 Å². The molecule has 1 aromatic heterocycles. The van der Waals surface area contributed by atoms with Crippen molar-refractivity contribution in [3.63, 3.8) is 0 Å². The van der Waals surface area contributed by atoms with Crippen LogP contribution in [0.15, 0.2) is 16.5 Å². The Morgan fingerprint density at radius 1 is 1.26 bits per heavy atom. The zero-order valence-electron chi connectivity index (χ0n) is 15.5. The summed E-state index contributed by atoms with van der Waals surface area (Å²) in [6.45, 7) is 13.9. The van der Waals surface area contributed by atoms with E-state index in [0.29, 0.717) is 19.1 Å². The van der Waals surface area contributed by atoms with E-state index >= 15 is 0 Å². The molecule has 0 bridgehead atoms. The number of hydrogen-bond acceptors (Lipinski definition) is 3. The van der Waals surface area contributed by atoms with Crippen molar-refractivity contribution in [3.05, 3.63) is 23.7 Å². The van der Waals surface area contributed by atoms with Gasteiger partial charge in [-0.3, -0.25) is 4.79 Å². The monoisotopic (exact) mass is 320 g/mol. The molecule has 0 saturated heterocycles. The van der Waals surface area contributed by atoms with E-state index in [0.717, 1.165) is 30.8 Å². The molecule has 0 spiro atoms. The van der Waals surface area contributed by atoms with Crippen molar-refractivity contribution in [1.82, 2.24) is 10.2 Å². The van der Waals surface area contributed by atoms with Crippen LogP contribution < -0.4 is 5.32 Å². The van der Waals surface area contributed by atoms with Gasteiger partial charge in [-0.15, -0.1) is 0 Å². The van der Waals surface area contributed by atoms with E-state index < -0.39 is 0 Å². The molecule has 1 aromatic rings. The molecule has 4 nitrogen and oxygen atoms in total. The maximum Gasteiger partial charge on any atom is 0.237 e. The largest absolute Gasteiger partial charge is 0.464 e. The molecule has 0 aliphatic heterocycles. The average molecular weight is 320 g/mol. The molecule has 1 aliphatic rings. The van der Waals surface area contributed by atoms with Crippen LogP contribution in [0.5, 0.6) is 0 Å². The topological polar surface area (TPSA) is 45.5 Å². The summed E-state index contributed by atoms with van der Waals surface area (Å²) in [5, 5.41) is 3.45. The smallest absolute Gasteiger partial charge is 0.237 e. The molecular weight excluding hydrogens is 288 g/mol. The Bertz CT molecular complexity index is 536. The van der Waals surface area contributed by atoms with Crippen molar-refractivity contribution in [2.75, 3.05) is 6.54 Å². The molecule has 1 heterocycles. The molecule has 23 heavy (non-hydrogen) atoms. The third-order valence-corrected chi connectivity index (χ3v) is 4.12. The third-order valence-electron chi connectivity index (χ3n) is 4.12. The number of hydrogen-bond donors (Lipinski definition) is 1. The Hall–Kier alpha value is -1.29. The first-order valence-corrected chi connectivity index (χ1v) is 8.66. The second-order valence-electron chi connectivity index (χ2n) is 8.74. The van der Waals surface area contributed by atoms with Gasteiger partial charge < -0.3 is 14.6 Å². The Kier molecular flexibility index (Phi) is 5.24. The summed E-state index contributed by atoms with van der Waals surface area (Å²) in [6, 6.07) is 4.31. The fraction of sp³-hybridized carbons (Fsp3) is 0.737. The number of furan rings is 1. The minimum Gasteiger partial charge on any atom is -0.464 e. The molecule has 1 aliphatic carbocycles. The van der Waals surface area contributed by atoms with Crippen molar-refractivity contribution < 1.29 is 9.21 Å². The van der Waals surface area contributed by atoms with E-state index in [1.807, 2.05) is 24.0 Å². The maximum atomic E-state index is 12.7. The zero-order valence-corrected chi connectivity index (χ0v) is 15.5. The predicted octanol–water partition coefficient (Wildman–Crippen LogP) is 3.88. The molecule has 0 radical (unpaired) electrons. The Balaban J connectivity index is 1.91. The standard InChI is InChI=1S/C19H32N2O2/c1-14-7-10-16(23-14)12-21(15-8-9-15)17(22)11-20-19(5,6)13-18(2,3)4/h7,10,15,20H,8-9,11-13H2,1-6H3. The highest BCUT2D eigenvalue weighted by atomic mass is 16.3. The van der Waals surface area contributed by atoms with Crippen LogP contribution in [0.1, 0.15) is 65.4 Å². The molecule has 1 amide bonds. The van der Waals surface area contributed by atoms with Gasteiger partial charge in [-0.1, -0.05) is 20.8 Å². The van der Waals surface area contributed by atoms with E-state index in [2.05, 4.69) is 39.9 Å². The quantitative estimate of drug-likeness (QED) is 0.829. The fourth-order valence-electron chi connectivity index (χ4n) is 3.35. The van der Waals surface area contributed by atoms with Crippen LogP contribution in [0, 0.1) is 12.3 Å². The van der Waals surface area contributed by atoms with Gasteiger partial charge >= 0.3 is 0 Å². The van der Waals surface area contributed by atoms with Crippen molar-refractivity contribution in [2.24, 2.45) is 5.41 Å². The summed E-state index contributed by atoms with van der Waals surface area (Å²) in [5.74, 6) is 1.94. The van der Waals surface area contributed by atoms with E-state index in [4.69, 9.17) is 4.42 Å². The molecule has 1 N–H and O–H groups in total. The van der Waals surface area contributed by atoms with Gasteiger partial charge in [0.1, 0.15) is 11.5 Å². The predicted molar refractivity (Wildman–Crippen MR) is 93.2 cm³/mol. The van der Waals surface area contributed by atoms with E-state index in [-0.39, 0.29) is 16.9 Å². The van der Waals surface area contributed by atoms with Gasteiger partial charge in [0.15, 0.2) is 0 Å². The lowest BCUT2D eigenvalue weighted by atomic mass is 9.82. The maximum absolute atomic E-state index is 12.7. The van der Waals surface area contributed by atoms with Gasteiger partial charge in [0.25, 0.3) is 0 Å². The number of rotatable bonds is 7. The lowest BCUT2D eigenvalue weighted by Crippen LogP contribution is -2.48. The van der Waals surface area contributed by atoms with Crippen LogP contribution in [-0.2, 0) is 11.3 Å². The summed E-state index contributed by atoms with van der Waals surface area (Å²) in [4.78, 5) is 14.6. The minimum atomic E-state index is -0.0512. The first-order chi connectivity index (χ1) is 10.6. The molecule has 0 atom stereocenters. The first-order valence-electron chi connectivity index (χ1n) is 8.66. The fourth-order valence-corrected chi connectivity index (χ4v) is 3.35. The SMILES string of the molecule is Cc1ccc(CN(C(=O)CNC(C)(C)CC(C)(C)C)C2CC2)o1. The number of amides is 1. The number of carbonyl (C=O) groups excluding carboxylic acids is 1. The van der Waals surface area contributed by atoms with Crippen molar-refractivity contribution in [3.8, 4) is 0 Å². The summed E-state index contributed by atoms with van der Waals surface area (Å²) in [7, 11) is 0. The molecule has 130 valence electrons. The molecular formula is C19H32N2O2. The second kappa shape index (κ2) is 6.68. The molecule has 0 unspecified atom stereocenters. The number of nitrogens with one attached hydrogen (secondary N) is 1. The molecule has 1 saturated carbocycles. The van der Waals surface area contributed by atoms with Crippen molar-refractivity contribution in [1.29, 1.82) is 0 Å². The first kappa shape index (κ1) is 18.1. The van der Waals surface area contributed by atoms with Gasteiger partial charge in [-0.25, -0.2) is 0 Å². The highest BCUT2D eigenvalue weighted by molar-refractivity contribution is 5.79. The number of carbonyl (C=O) groups is 1. The lowest BCUT2D eigenvalue weighted by molar-refractivity contribution is -0.132. The van der Waals surface area contributed by atoms with Crippen LogP contribution >= 0.6 is 0 Å². The normalized spacial score (nSPS) is 15.7. The van der Waals surface area contributed by atoms with E-state index in [1.54, 1.807) is 0 Å².